The molecule has 2 aromatic carbocycles. The Kier molecular flexibility index (Phi) is 7.06. The molecule has 7 nitrogen and oxygen atoms in total. The number of methoxy groups -OCH3 is 1. The van der Waals surface area contributed by atoms with E-state index in [9.17, 15) is 0 Å². The lowest BCUT2D eigenvalue weighted by Gasteiger charge is -2.10. The molecule has 0 spiro atoms. The lowest BCUT2D eigenvalue weighted by Crippen LogP contribution is -2.83. The van der Waals surface area contributed by atoms with Crippen molar-refractivity contribution in [2.75, 3.05) is 26.0 Å². The normalized spacial score (nSPS) is 10.7. The molecule has 27 heavy (non-hydrogen) atoms. The molecule has 3 rings (SSSR count). The van der Waals surface area contributed by atoms with Gasteiger partial charge in [0.25, 0.3) is 0 Å². The average molecular weight is 387 g/mol. The van der Waals surface area contributed by atoms with E-state index in [1.807, 2.05) is 49.4 Å². The van der Waals surface area contributed by atoms with Crippen LogP contribution in [0.2, 0.25) is 0 Å². The molecule has 8 heteroatoms. The fraction of sp³-hybridized carbons (Fsp3) is 0.316. The Balaban J connectivity index is 1.47. The van der Waals surface area contributed by atoms with E-state index in [1.165, 1.54) is 5.56 Å². The van der Waals surface area contributed by atoms with Gasteiger partial charge in [-0.2, -0.15) is 4.68 Å². The number of quaternary nitrogens is 1. The van der Waals surface area contributed by atoms with Crippen molar-refractivity contribution in [2.24, 2.45) is 0 Å². The first kappa shape index (κ1) is 19.2. The summed E-state index contributed by atoms with van der Waals surface area (Å²) < 4.78 is 12.7. The second kappa shape index (κ2) is 9.94. The predicted octanol–water partition coefficient (Wildman–Crippen LogP) is 1.93. The third-order valence-corrected chi connectivity index (χ3v) is 4.86. The highest BCUT2D eigenvalue weighted by atomic mass is 32.2. The number of nitrogens with zero attached hydrogens (tertiary/aromatic N) is 4. The number of hydrogen-bond donors (Lipinski definition) is 1. The first-order valence-corrected chi connectivity index (χ1v) is 9.88. The minimum Gasteiger partial charge on any atom is -0.493 e. The van der Waals surface area contributed by atoms with Crippen LogP contribution in [0.25, 0.3) is 5.69 Å². The summed E-state index contributed by atoms with van der Waals surface area (Å²) in [6.45, 7) is 4.43. The molecular formula is C19H24N5O2S+. The summed E-state index contributed by atoms with van der Waals surface area (Å²) in [5, 5.41) is 15.1. The van der Waals surface area contributed by atoms with Crippen molar-refractivity contribution in [2.45, 2.75) is 18.6 Å². The van der Waals surface area contributed by atoms with Crippen molar-refractivity contribution < 1.29 is 14.8 Å². The topological polar surface area (TPSA) is 78.7 Å². The van der Waals surface area contributed by atoms with Gasteiger partial charge in [-0.25, -0.2) is 0 Å². The van der Waals surface area contributed by atoms with Crippen LogP contribution in [0.15, 0.2) is 53.7 Å². The molecule has 0 saturated heterocycles. The SMILES string of the molecule is CCOc1ccc(C[NH2+]CCSc2nnnn2-c2ccccc2)cc1OC. The lowest BCUT2D eigenvalue weighted by molar-refractivity contribution is -0.666. The minimum atomic E-state index is 0.626. The fourth-order valence-electron chi connectivity index (χ4n) is 2.62. The summed E-state index contributed by atoms with van der Waals surface area (Å²) in [5.74, 6) is 2.48. The molecular weight excluding hydrogens is 362 g/mol. The highest BCUT2D eigenvalue weighted by Crippen LogP contribution is 2.27. The second-order valence-electron chi connectivity index (χ2n) is 5.76. The van der Waals surface area contributed by atoms with Crippen molar-refractivity contribution in [3.63, 3.8) is 0 Å². The average Bonchev–Trinajstić information content (AvgIpc) is 3.18. The number of ether oxygens (including phenoxy) is 2. The number of aromatic nitrogens is 4. The van der Waals surface area contributed by atoms with E-state index in [4.69, 9.17) is 9.47 Å². The maximum Gasteiger partial charge on any atom is 0.214 e. The van der Waals surface area contributed by atoms with Gasteiger partial charge in [-0.05, 0) is 47.7 Å². The summed E-state index contributed by atoms with van der Waals surface area (Å²) in [5.41, 5.74) is 2.17. The molecule has 0 atom stereocenters. The Morgan fingerprint density at radius 1 is 1.11 bits per heavy atom. The number of nitrogens with two attached hydrogens (primary N) is 1. The number of benzene rings is 2. The van der Waals surface area contributed by atoms with Crippen LogP contribution in [0.4, 0.5) is 0 Å². The standard InChI is InChI=1S/C19H23N5O2S/c1-3-26-17-10-9-15(13-18(17)25-2)14-20-11-12-27-19-21-22-23-24(19)16-7-5-4-6-8-16/h4-10,13,20H,3,11-12,14H2,1-2H3/p+1. The molecule has 0 amide bonds. The fourth-order valence-corrected chi connectivity index (χ4v) is 3.44. The van der Waals surface area contributed by atoms with Gasteiger partial charge >= 0.3 is 0 Å². The molecule has 2 N–H and O–H groups in total. The zero-order valence-corrected chi connectivity index (χ0v) is 16.4. The Morgan fingerprint density at radius 2 is 1.96 bits per heavy atom. The molecule has 1 aromatic heterocycles. The van der Waals surface area contributed by atoms with Crippen molar-refractivity contribution in [3.8, 4) is 17.2 Å². The van der Waals surface area contributed by atoms with Crippen molar-refractivity contribution in [3.05, 3.63) is 54.1 Å². The molecule has 0 fully saturated rings. The Labute approximate surface area is 163 Å². The molecule has 142 valence electrons. The van der Waals surface area contributed by atoms with Crippen LogP contribution in [0.1, 0.15) is 12.5 Å². The van der Waals surface area contributed by atoms with Gasteiger partial charge in [-0.15, -0.1) is 5.10 Å². The van der Waals surface area contributed by atoms with Crippen molar-refractivity contribution in [1.29, 1.82) is 0 Å². The van der Waals surface area contributed by atoms with Gasteiger partial charge in [0.05, 0.1) is 31.7 Å². The summed E-state index contributed by atoms with van der Waals surface area (Å²) in [6, 6.07) is 16.0. The number of para-hydroxylation sites is 1. The predicted molar refractivity (Wildman–Crippen MR) is 105 cm³/mol. The van der Waals surface area contributed by atoms with Crippen LogP contribution >= 0.6 is 11.8 Å². The first-order valence-electron chi connectivity index (χ1n) is 8.89. The van der Waals surface area contributed by atoms with E-state index in [0.717, 1.165) is 41.2 Å². The number of tetrazole rings is 1. The zero-order valence-electron chi connectivity index (χ0n) is 15.5. The van der Waals surface area contributed by atoms with Crippen LogP contribution in [0.3, 0.4) is 0 Å². The van der Waals surface area contributed by atoms with Crippen LogP contribution in [-0.4, -0.2) is 46.2 Å². The molecule has 0 bridgehead atoms. The maximum atomic E-state index is 5.56. The van der Waals surface area contributed by atoms with Crippen LogP contribution < -0.4 is 14.8 Å². The number of rotatable bonds is 10. The smallest absolute Gasteiger partial charge is 0.214 e. The number of hydrogen-bond acceptors (Lipinski definition) is 6. The Morgan fingerprint density at radius 3 is 2.74 bits per heavy atom. The van der Waals surface area contributed by atoms with E-state index < -0.39 is 0 Å². The first-order chi connectivity index (χ1) is 13.3. The van der Waals surface area contributed by atoms with E-state index >= 15 is 0 Å². The molecule has 3 aromatic rings. The van der Waals surface area contributed by atoms with E-state index in [1.54, 1.807) is 23.6 Å². The molecule has 0 radical (unpaired) electrons. The van der Waals surface area contributed by atoms with Gasteiger partial charge in [0.1, 0.15) is 6.54 Å². The monoisotopic (exact) mass is 386 g/mol. The molecule has 0 unspecified atom stereocenters. The van der Waals surface area contributed by atoms with Crippen LogP contribution in [0, 0.1) is 0 Å². The highest BCUT2D eigenvalue weighted by molar-refractivity contribution is 7.99. The number of thioether (sulfide) groups is 1. The van der Waals surface area contributed by atoms with Gasteiger partial charge in [0, 0.05) is 5.56 Å². The molecule has 0 aliphatic rings. The van der Waals surface area contributed by atoms with Crippen LogP contribution in [0.5, 0.6) is 11.5 Å². The van der Waals surface area contributed by atoms with Gasteiger partial charge in [-0.1, -0.05) is 30.0 Å². The summed E-state index contributed by atoms with van der Waals surface area (Å²) in [4.78, 5) is 0. The van der Waals surface area contributed by atoms with Gasteiger partial charge in [-0.3, -0.25) is 0 Å². The van der Waals surface area contributed by atoms with Crippen molar-refractivity contribution >= 4 is 11.8 Å². The molecule has 0 aliphatic carbocycles. The Hall–Kier alpha value is -2.58. The molecule has 0 saturated carbocycles. The quantitative estimate of drug-likeness (QED) is 0.424. The maximum absolute atomic E-state index is 5.56. The molecule has 0 aliphatic heterocycles. The third kappa shape index (κ3) is 5.21. The summed E-state index contributed by atoms with van der Waals surface area (Å²) >= 11 is 1.65. The minimum absolute atomic E-state index is 0.626. The molecule has 1 heterocycles. The van der Waals surface area contributed by atoms with Crippen LogP contribution in [-0.2, 0) is 6.54 Å². The third-order valence-electron chi connectivity index (χ3n) is 3.90. The van der Waals surface area contributed by atoms with E-state index in [0.29, 0.717) is 6.61 Å². The largest absolute Gasteiger partial charge is 0.493 e. The highest BCUT2D eigenvalue weighted by Gasteiger charge is 2.09. The van der Waals surface area contributed by atoms with Gasteiger partial charge in [0.15, 0.2) is 11.5 Å². The summed E-state index contributed by atoms with van der Waals surface area (Å²) in [7, 11) is 1.67. The second-order valence-corrected chi connectivity index (χ2v) is 6.82. The van der Waals surface area contributed by atoms with Gasteiger partial charge < -0.3 is 14.8 Å². The summed E-state index contributed by atoms with van der Waals surface area (Å²) in [6.07, 6.45) is 0. The van der Waals surface area contributed by atoms with E-state index in [2.05, 4.69) is 26.9 Å². The van der Waals surface area contributed by atoms with Crippen molar-refractivity contribution in [1.82, 2.24) is 20.2 Å². The lowest BCUT2D eigenvalue weighted by atomic mass is 10.2. The Bertz CT molecular complexity index is 841. The van der Waals surface area contributed by atoms with E-state index in [-0.39, 0.29) is 0 Å². The zero-order chi connectivity index (χ0) is 18.9. The van der Waals surface area contributed by atoms with Gasteiger partial charge in [0.2, 0.25) is 5.16 Å².